The summed E-state index contributed by atoms with van der Waals surface area (Å²) in [6, 6.07) is 1.85. The molecule has 0 aliphatic heterocycles. The maximum Gasteiger partial charge on any atom is 0.278 e. The SMILES string of the molecule is C=Cc1cc(-c2nc(C)no2)nn1C. The summed E-state index contributed by atoms with van der Waals surface area (Å²) < 4.78 is 6.70. The third-order valence-corrected chi connectivity index (χ3v) is 1.87. The monoisotopic (exact) mass is 190 g/mol. The van der Waals surface area contributed by atoms with Gasteiger partial charge in [0.25, 0.3) is 5.89 Å². The van der Waals surface area contributed by atoms with E-state index in [0.29, 0.717) is 17.4 Å². The van der Waals surface area contributed by atoms with Gasteiger partial charge in [0.05, 0.1) is 5.69 Å². The van der Waals surface area contributed by atoms with Crippen LogP contribution >= 0.6 is 0 Å². The molecule has 0 radical (unpaired) electrons. The second-order valence-electron chi connectivity index (χ2n) is 2.93. The van der Waals surface area contributed by atoms with Crippen LogP contribution in [0, 0.1) is 6.92 Å². The summed E-state index contributed by atoms with van der Waals surface area (Å²) in [5.74, 6) is 1.04. The molecule has 72 valence electrons. The number of hydrogen-bond donors (Lipinski definition) is 0. The quantitative estimate of drug-likeness (QED) is 0.718. The lowest BCUT2D eigenvalue weighted by Crippen LogP contribution is -1.92. The van der Waals surface area contributed by atoms with Gasteiger partial charge in [-0.25, -0.2) is 0 Å². The van der Waals surface area contributed by atoms with Crippen molar-refractivity contribution in [2.45, 2.75) is 6.92 Å². The van der Waals surface area contributed by atoms with Gasteiger partial charge in [0, 0.05) is 7.05 Å². The molecule has 5 nitrogen and oxygen atoms in total. The van der Waals surface area contributed by atoms with Crippen molar-refractivity contribution in [1.29, 1.82) is 0 Å². The highest BCUT2D eigenvalue weighted by Crippen LogP contribution is 2.16. The molecule has 14 heavy (non-hydrogen) atoms. The molecule has 0 fully saturated rings. The van der Waals surface area contributed by atoms with E-state index in [4.69, 9.17) is 4.52 Å². The minimum absolute atomic E-state index is 0.436. The highest BCUT2D eigenvalue weighted by atomic mass is 16.5. The van der Waals surface area contributed by atoms with Crippen LogP contribution in [-0.2, 0) is 7.05 Å². The molecule has 2 heterocycles. The van der Waals surface area contributed by atoms with Crippen molar-refractivity contribution in [1.82, 2.24) is 19.9 Å². The van der Waals surface area contributed by atoms with Crippen LogP contribution < -0.4 is 0 Å². The maximum atomic E-state index is 4.99. The minimum Gasteiger partial charge on any atom is -0.332 e. The third-order valence-electron chi connectivity index (χ3n) is 1.87. The van der Waals surface area contributed by atoms with Gasteiger partial charge in [0.2, 0.25) is 0 Å². The first-order valence-corrected chi connectivity index (χ1v) is 4.18. The Balaban J connectivity index is 2.47. The van der Waals surface area contributed by atoms with Crippen LogP contribution in [0.15, 0.2) is 17.2 Å². The number of aromatic nitrogens is 4. The van der Waals surface area contributed by atoms with Crippen LogP contribution in [0.3, 0.4) is 0 Å². The molecular weight excluding hydrogens is 180 g/mol. The summed E-state index contributed by atoms with van der Waals surface area (Å²) in [5.41, 5.74) is 1.58. The Morgan fingerprint density at radius 2 is 2.36 bits per heavy atom. The molecule has 0 saturated heterocycles. The Morgan fingerprint density at radius 3 is 2.86 bits per heavy atom. The Labute approximate surface area is 81.1 Å². The standard InChI is InChI=1S/C9H10N4O/c1-4-7-5-8(11-13(7)3)9-10-6(2)12-14-9/h4-5H,1H2,2-3H3. The summed E-state index contributed by atoms with van der Waals surface area (Å²) in [4.78, 5) is 4.08. The van der Waals surface area contributed by atoms with Gasteiger partial charge in [-0.15, -0.1) is 0 Å². The fraction of sp³-hybridized carbons (Fsp3) is 0.222. The zero-order valence-electron chi connectivity index (χ0n) is 8.06. The van der Waals surface area contributed by atoms with Crippen LogP contribution in [0.1, 0.15) is 11.5 Å². The van der Waals surface area contributed by atoms with Crippen molar-refractivity contribution in [3.05, 3.63) is 24.2 Å². The predicted molar refractivity (Wildman–Crippen MR) is 51.3 cm³/mol. The number of aryl methyl sites for hydroxylation is 2. The van der Waals surface area contributed by atoms with Gasteiger partial charge >= 0.3 is 0 Å². The molecule has 0 bridgehead atoms. The first kappa shape index (κ1) is 8.68. The molecule has 0 aliphatic rings. The van der Waals surface area contributed by atoms with E-state index in [9.17, 15) is 0 Å². The molecule has 0 unspecified atom stereocenters. The molecule has 0 N–H and O–H groups in total. The largest absolute Gasteiger partial charge is 0.332 e. The first-order valence-electron chi connectivity index (χ1n) is 4.18. The van der Waals surface area contributed by atoms with E-state index in [1.54, 1.807) is 17.7 Å². The molecule has 2 aromatic heterocycles. The van der Waals surface area contributed by atoms with Gasteiger partial charge in [-0.2, -0.15) is 10.1 Å². The van der Waals surface area contributed by atoms with Crippen molar-refractivity contribution in [3.8, 4) is 11.6 Å². The molecule has 0 aliphatic carbocycles. The Morgan fingerprint density at radius 1 is 1.57 bits per heavy atom. The summed E-state index contributed by atoms with van der Waals surface area (Å²) in [5, 5.41) is 7.91. The van der Waals surface area contributed by atoms with Gasteiger partial charge in [-0.05, 0) is 19.1 Å². The summed E-state index contributed by atoms with van der Waals surface area (Å²) >= 11 is 0. The van der Waals surface area contributed by atoms with E-state index in [2.05, 4.69) is 21.8 Å². The van der Waals surface area contributed by atoms with Crippen molar-refractivity contribution in [2.24, 2.45) is 7.05 Å². The van der Waals surface area contributed by atoms with Gasteiger partial charge in [-0.3, -0.25) is 4.68 Å². The van der Waals surface area contributed by atoms with E-state index in [-0.39, 0.29) is 0 Å². The highest BCUT2D eigenvalue weighted by molar-refractivity contribution is 5.54. The zero-order valence-corrected chi connectivity index (χ0v) is 8.06. The first-order chi connectivity index (χ1) is 6.70. The molecule has 2 aromatic rings. The second-order valence-corrected chi connectivity index (χ2v) is 2.93. The molecule has 5 heteroatoms. The van der Waals surface area contributed by atoms with Gasteiger partial charge in [0.15, 0.2) is 11.5 Å². The lowest BCUT2D eigenvalue weighted by Gasteiger charge is -1.89. The van der Waals surface area contributed by atoms with Crippen LogP contribution in [0.5, 0.6) is 0 Å². The molecule has 0 aromatic carbocycles. The minimum atomic E-state index is 0.436. The van der Waals surface area contributed by atoms with Crippen LogP contribution in [0.4, 0.5) is 0 Å². The fourth-order valence-electron chi connectivity index (χ4n) is 1.18. The van der Waals surface area contributed by atoms with Crippen LogP contribution in [0.2, 0.25) is 0 Å². The van der Waals surface area contributed by atoms with E-state index < -0.39 is 0 Å². The Hall–Kier alpha value is -1.91. The summed E-state index contributed by atoms with van der Waals surface area (Å²) in [6.45, 7) is 5.44. The Kier molecular flexibility index (Phi) is 1.92. The Bertz CT molecular complexity index is 469. The predicted octanol–water partition coefficient (Wildman–Crippen LogP) is 1.42. The smallest absolute Gasteiger partial charge is 0.278 e. The normalized spacial score (nSPS) is 10.4. The second kappa shape index (κ2) is 3.10. The van der Waals surface area contributed by atoms with Crippen molar-refractivity contribution in [3.63, 3.8) is 0 Å². The molecule has 0 saturated carbocycles. The zero-order chi connectivity index (χ0) is 10.1. The molecular formula is C9H10N4O. The average Bonchev–Trinajstić information content (AvgIpc) is 2.71. The van der Waals surface area contributed by atoms with Gasteiger partial charge < -0.3 is 4.52 Å². The summed E-state index contributed by atoms with van der Waals surface area (Å²) in [6.07, 6.45) is 1.72. The topological polar surface area (TPSA) is 56.7 Å². The van der Waals surface area contributed by atoms with E-state index >= 15 is 0 Å². The van der Waals surface area contributed by atoms with Crippen molar-refractivity contribution in [2.75, 3.05) is 0 Å². The van der Waals surface area contributed by atoms with E-state index in [0.717, 1.165) is 5.69 Å². The van der Waals surface area contributed by atoms with Crippen LogP contribution in [-0.4, -0.2) is 19.9 Å². The van der Waals surface area contributed by atoms with Crippen molar-refractivity contribution >= 4 is 6.08 Å². The third kappa shape index (κ3) is 1.32. The number of rotatable bonds is 2. The lowest BCUT2D eigenvalue weighted by molar-refractivity contribution is 0.424. The number of hydrogen-bond acceptors (Lipinski definition) is 4. The molecule has 0 spiro atoms. The highest BCUT2D eigenvalue weighted by Gasteiger charge is 2.10. The maximum absolute atomic E-state index is 4.99. The molecule has 0 amide bonds. The van der Waals surface area contributed by atoms with Gasteiger partial charge in [0.1, 0.15) is 0 Å². The summed E-state index contributed by atoms with van der Waals surface area (Å²) in [7, 11) is 1.84. The number of nitrogens with zero attached hydrogens (tertiary/aromatic N) is 4. The van der Waals surface area contributed by atoms with E-state index in [1.165, 1.54) is 0 Å². The molecule has 0 atom stereocenters. The lowest BCUT2D eigenvalue weighted by atomic mass is 10.3. The van der Waals surface area contributed by atoms with Crippen LogP contribution in [0.25, 0.3) is 17.7 Å². The van der Waals surface area contributed by atoms with Gasteiger partial charge in [-0.1, -0.05) is 11.7 Å². The van der Waals surface area contributed by atoms with E-state index in [1.807, 2.05) is 13.1 Å². The average molecular weight is 190 g/mol. The fourth-order valence-corrected chi connectivity index (χ4v) is 1.18. The molecule has 2 rings (SSSR count). The van der Waals surface area contributed by atoms with Crippen molar-refractivity contribution < 1.29 is 4.52 Å².